The average molecular weight is 419 g/mol. The lowest BCUT2D eigenvalue weighted by Crippen LogP contribution is -2.16. The molecule has 4 rings (SSSR count). The first-order chi connectivity index (χ1) is 14.6. The Morgan fingerprint density at radius 1 is 1.29 bits per heavy atom. The first kappa shape index (κ1) is 21.5. The fourth-order valence-corrected chi connectivity index (χ4v) is 5.28. The van der Waals surface area contributed by atoms with Crippen LogP contribution in [-0.2, 0) is 4.79 Å². The molecule has 4 nitrogen and oxygen atoms in total. The highest BCUT2D eigenvalue weighted by Gasteiger charge is 2.36. The number of hydrogen-bond donors (Lipinski definition) is 2. The van der Waals surface area contributed by atoms with E-state index in [0.717, 1.165) is 41.7 Å². The third-order valence-corrected chi connectivity index (χ3v) is 7.18. The molecule has 0 amide bonds. The topological polar surface area (TPSA) is 52.6 Å². The molecular formula is C27H34N2O2. The summed E-state index contributed by atoms with van der Waals surface area (Å²) >= 11 is 0. The summed E-state index contributed by atoms with van der Waals surface area (Å²) in [5.41, 5.74) is 10.8. The minimum atomic E-state index is -0.774. The zero-order valence-electron chi connectivity index (χ0n) is 19.6. The Hall–Kier alpha value is -2.75. The summed E-state index contributed by atoms with van der Waals surface area (Å²) in [5.74, 6) is -0.774. The van der Waals surface area contributed by atoms with Gasteiger partial charge in [0.25, 0.3) is 0 Å². The minimum absolute atomic E-state index is 0.0524. The van der Waals surface area contributed by atoms with Gasteiger partial charge in [0.1, 0.15) is 0 Å². The van der Waals surface area contributed by atoms with E-state index in [1.807, 2.05) is 7.05 Å². The second-order valence-electron chi connectivity index (χ2n) is 9.94. The number of hydrogen-bond acceptors (Lipinski definition) is 3. The monoisotopic (exact) mass is 418 g/mol. The predicted molar refractivity (Wildman–Crippen MR) is 128 cm³/mol. The van der Waals surface area contributed by atoms with E-state index in [4.69, 9.17) is 0 Å². The van der Waals surface area contributed by atoms with E-state index in [2.05, 4.69) is 75.3 Å². The first-order valence-electron chi connectivity index (χ1n) is 11.3. The third kappa shape index (κ3) is 3.73. The van der Waals surface area contributed by atoms with Gasteiger partial charge >= 0.3 is 5.97 Å². The molecule has 3 aliphatic rings. The van der Waals surface area contributed by atoms with Crippen LogP contribution in [0.25, 0.3) is 5.70 Å². The molecule has 1 unspecified atom stereocenters. The summed E-state index contributed by atoms with van der Waals surface area (Å²) in [6.45, 7) is 11.1. The van der Waals surface area contributed by atoms with Crippen molar-refractivity contribution < 1.29 is 9.90 Å². The molecule has 2 aliphatic heterocycles. The van der Waals surface area contributed by atoms with Gasteiger partial charge in [-0.25, -0.2) is 0 Å². The number of aliphatic carboxylic acids is 1. The van der Waals surface area contributed by atoms with Crippen molar-refractivity contribution in [1.29, 1.82) is 0 Å². The van der Waals surface area contributed by atoms with Crippen molar-refractivity contribution in [3.05, 3.63) is 69.5 Å². The van der Waals surface area contributed by atoms with Crippen LogP contribution in [0.5, 0.6) is 0 Å². The van der Waals surface area contributed by atoms with Crippen LogP contribution >= 0.6 is 0 Å². The molecule has 1 aliphatic carbocycles. The van der Waals surface area contributed by atoms with Gasteiger partial charge in [-0.3, -0.25) is 4.79 Å². The predicted octanol–water partition coefficient (Wildman–Crippen LogP) is 6.66. The van der Waals surface area contributed by atoms with Crippen LogP contribution in [0.2, 0.25) is 0 Å². The molecule has 0 saturated heterocycles. The molecule has 2 heterocycles. The van der Waals surface area contributed by atoms with Crippen LogP contribution in [0.4, 0.5) is 5.69 Å². The Morgan fingerprint density at radius 3 is 2.65 bits per heavy atom. The number of fused-ring (bicyclic) bond motifs is 3. The van der Waals surface area contributed by atoms with E-state index in [1.54, 1.807) is 0 Å². The second-order valence-corrected chi connectivity index (χ2v) is 9.94. The highest BCUT2D eigenvalue weighted by atomic mass is 16.4. The number of nitrogens with one attached hydrogen (secondary N) is 1. The van der Waals surface area contributed by atoms with Crippen LogP contribution in [0.1, 0.15) is 77.5 Å². The number of benzene rings is 1. The van der Waals surface area contributed by atoms with Gasteiger partial charge in [-0.1, -0.05) is 26.0 Å². The van der Waals surface area contributed by atoms with E-state index >= 15 is 0 Å². The Labute approximate surface area is 186 Å². The maximum atomic E-state index is 11.8. The van der Waals surface area contributed by atoms with Gasteiger partial charge in [0.15, 0.2) is 0 Å². The molecule has 2 N–H and O–H groups in total. The second kappa shape index (κ2) is 7.74. The molecule has 0 spiro atoms. The SMILES string of the molecule is CNc1ccc2c(c1)C(C)N1C=C(C)C(CC(=O)O)=C(C3=CCC(C)(C)CC3)C(C)=C21. The van der Waals surface area contributed by atoms with Crippen molar-refractivity contribution in [2.24, 2.45) is 5.41 Å². The van der Waals surface area contributed by atoms with E-state index < -0.39 is 5.97 Å². The van der Waals surface area contributed by atoms with E-state index in [1.165, 1.54) is 28.0 Å². The summed E-state index contributed by atoms with van der Waals surface area (Å²) in [5, 5.41) is 13.0. The van der Waals surface area contributed by atoms with Crippen LogP contribution in [0.15, 0.2) is 58.3 Å². The zero-order valence-corrected chi connectivity index (χ0v) is 19.6. The number of allylic oxidation sites excluding steroid dienone is 5. The molecule has 0 radical (unpaired) electrons. The van der Waals surface area contributed by atoms with Crippen LogP contribution in [0.3, 0.4) is 0 Å². The van der Waals surface area contributed by atoms with Gasteiger partial charge in [-0.2, -0.15) is 0 Å². The van der Waals surface area contributed by atoms with Crippen molar-refractivity contribution in [3.63, 3.8) is 0 Å². The van der Waals surface area contributed by atoms with Crippen LogP contribution in [-0.4, -0.2) is 23.0 Å². The molecule has 0 fully saturated rings. The van der Waals surface area contributed by atoms with Gasteiger partial charge in [-0.05, 0) is 91.0 Å². The molecule has 0 saturated carbocycles. The highest BCUT2D eigenvalue weighted by molar-refractivity contribution is 5.84. The number of rotatable bonds is 4. The molecule has 1 aromatic rings. The molecular weight excluding hydrogens is 384 g/mol. The van der Waals surface area contributed by atoms with Crippen molar-refractivity contribution in [2.45, 2.75) is 66.3 Å². The number of carbonyl (C=O) groups is 1. The van der Waals surface area contributed by atoms with E-state index in [0.29, 0.717) is 5.41 Å². The quantitative estimate of drug-likeness (QED) is 0.574. The molecule has 31 heavy (non-hydrogen) atoms. The summed E-state index contributed by atoms with van der Waals surface area (Å²) in [6, 6.07) is 6.77. The average Bonchev–Trinajstić information content (AvgIpc) is 2.93. The number of nitrogens with zero attached hydrogens (tertiary/aromatic N) is 1. The largest absolute Gasteiger partial charge is 0.481 e. The summed E-state index contributed by atoms with van der Waals surface area (Å²) in [6.07, 6.45) is 7.72. The lowest BCUT2D eigenvalue weighted by atomic mass is 9.74. The Bertz CT molecular complexity index is 1070. The lowest BCUT2D eigenvalue weighted by Gasteiger charge is -2.31. The molecule has 0 bridgehead atoms. The Morgan fingerprint density at radius 2 is 2.03 bits per heavy atom. The maximum Gasteiger partial charge on any atom is 0.307 e. The van der Waals surface area contributed by atoms with Gasteiger partial charge in [0.05, 0.1) is 18.2 Å². The molecule has 1 aromatic carbocycles. The van der Waals surface area contributed by atoms with Crippen molar-refractivity contribution in [2.75, 3.05) is 12.4 Å². The third-order valence-electron chi connectivity index (χ3n) is 7.18. The van der Waals surface area contributed by atoms with E-state index in [9.17, 15) is 9.90 Å². The van der Waals surface area contributed by atoms with Gasteiger partial charge in [0, 0.05) is 24.5 Å². The molecule has 1 atom stereocenters. The molecule has 4 heteroatoms. The van der Waals surface area contributed by atoms with Crippen LogP contribution < -0.4 is 5.32 Å². The standard InChI is InChI=1S/C27H34N2O2/c1-16-15-29-18(3)23-13-20(28-6)7-8-21(23)26(29)17(2)25(22(16)14-24(30)31)19-9-11-27(4,5)12-10-19/h7-9,13,15,18,28H,10-12,14H2,1-6H3,(H,30,31). The van der Waals surface area contributed by atoms with Gasteiger partial charge in [-0.15, -0.1) is 0 Å². The Balaban J connectivity index is 1.96. The fraction of sp³-hybridized carbons (Fsp3) is 0.444. The zero-order chi connectivity index (χ0) is 22.5. The summed E-state index contributed by atoms with van der Waals surface area (Å²) in [7, 11) is 1.95. The minimum Gasteiger partial charge on any atom is -0.481 e. The maximum absolute atomic E-state index is 11.8. The highest BCUT2D eigenvalue weighted by Crippen LogP contribution is 2.50. The molecule has 0 aromatic heterocycles. The number of anilines is 1. The normalized spacial score (nSPS) is 22.5. The smallest absolute Gasteiger partial charge is 0.307 e. The van der Waals surface area contributed by atoms with Gasteiger partial charge < -0.3 is 15.3 Å². The fourth-order valence-electron chi connectivity index (χ4n) is 5.28. The van der Waals surface area contributed by atoms with Crippen molar-refractivity contribution >= 4 is 17.4 Å². The Kier molecular flexibility index (Phi) is 5.36. The lowest BCUT2D eigenvalue weighted by molar-refractivity contribution is -0.136. The van der Waals surface area contributed by atoms with Crippen LogP contribution in [0, 0.1) is 5.41 Å². The van der Waals surface area contributed by atoms with E-state index in [-0.39, 0.29) is 12.5 Å². The number of carboxylic acid groups (broad SMARTS) is 1. The first-order valence-corrected chi connectivity index (χ1v) is 11.3. The number of carboxylic acids is 1. The molecule has 164 valence electrons. The van der Waals surface area contributed by atoms with Crippen molar-refractivity contribution in [3.8, 4) is 0 Å². The van der Waals surface area contributed by atoms with Crippen molar-refractivity contribution in [1.82, 2.24) is 4.90 Å². The summed E-state index contributed by atoms with van der Waals surface area (Å²) in [4.78, 5) is 14.2. The van der Waals surface area contributed by atoms with Gasteiger partial charge in [0.2, 0.25) is 0 Å². The summed E-state index contributed by atoms with van der Waals surface area (Å²) < 4.78 is 0.